The van der Waals surface area contributed by atoms with Gasteiger partial charge in [0.25, 0.3) is 0 Å². The number of rotatable bonds is 5. The summed E-state index contributed by atoms with van der Waals surface area (Å²) in [5, 5.41) is 14.7. The van der Waals surface area contributed by atoms with E-state index in [0.717, 1.165) is 21.1 Å². The van der Waals surface area contributed by atoms with Gasteiger partial charge in [-0.05, 0) is 50.2 Å². The van der Waals surface area contributed by atoms with Crippen LogP contribution in [0, 0.1) is 0 Å². The Balaban J connectivity index is 1.91. The van der Waals surface area contributed by atoms with Gasteiger partial charge in [-0.1, -0.05) is 22.0 Å². The Morgan fingerprint density at radius 1 is 1.29 bits per heavy atom. The van der Waals surface area contributed by atoms with Crippen molar-refractivity contribution in [1.82, 2.24) is 9.78 Å². The van der Waals surface area contributed by atoms with Crippen LogP contribution in [0.1, 0.15) is 35.9 Å². The molecule has 0 spiro atoms. The zero-order chi connectivity index (χ0) is 17.3. The van der Waals surface area contributed by atoms with Crippen molar-refractivity contribution in [1.29, 1.82) is 0 Å². The Bertz CT molecular complexity index is 902. The van der Waals surface area contributed by atoms with E-state index in [1.54, 1.807) is 12.1 Å². The molecule has 6 heteroatoms. The van der Waals surface area contributed by atoms with Crippen LogP contribution in [-0.2, 0) is 6.61 Å². The molecule has 0 aliphatic rings. The number of aromatic carboxylic acids is 1. The number of hydrogen-bond donors (Lipinski definition) is 1. The van der Waals surface area contributed by atoms with Gasteiger partial charge < -0.3 is 9.84 Å². The number of hydrogen-bond acceptors (Lipinski definition) is 3. The third-order valence-electron chi connectivity index (χ3n) is 3.69. The standard InChI is InChI=1S/C18H17BrN2O3/c1-11(2)21-17-7-6-13(19)9-15(17)16(20-21)10-24-14-5-3-4-12(8-14)18(22)23/h3-9,11H,10H2,1-2H3,(H,22,23). The lowest BCUT2D eigenvalue weighted by atomic mass is 10.2. The predicted molar refractivity (Wildman–Crippen MR) is 95.6 cm³/mol. The number of carboxylic acid groups (broad SMARTS) is 1. The Labute approximate surface area is 148 Å². The van der Waals surface area contributed by atoms with Crippen LogP contribution in [0.25, 0.3) is 10.9 Å². The number of carbonyl (C=O) groups is 1. The van der Waals surface area contributed by atoms with Crippen molar-refractivity contribution in [2.45, 2.75) is 26.5 Å². The third-order valence-corrected chi connectivity index (χ3v) is 4.18. The highest BCUT2D eigenvalue weighted by Crippen LogP contribution is 2.26. The van der Waals surface area contributed by atoms with Crippen molar-refractivity contribution in [3.8, 4) is 5.75 Å². The zero-order valence-corrected chi connectivity index (χ0v) is 14.9. The lowest BCUT2D eigenvalue weighted by Crippen LogP contribution is -2.04. The molecule has 0 unspecified atom stereocenters. The molecule has 0 amide bonds. The molecule has 0 bridgehead atoms. The van der Waals surface area contributed by atoms with Crippen LogP contribution in [0.5, 0.6) is 5.75 Å². The molecule has 1 N–H and O–H groups in total. The van der Waals surface area contributed by atoms with Gasteiger partial charge in [-0.3, -0.25) is 4.68 Å². The van der Waals surface area contributed by atoms with Crippen molar-refractivity contribution in [3.63, 3.8) is 0 Å². The van der Waals surface area contributed by atoms with Crippen molar-refractivity contribution in [2.24, 2.45) is 0 Å². The number of nitrogens with zero attached hydrogens (tertiary/aromatic N) is 2. The van der Waals surface area contributed by atoms with Gasteiger partial charge >= 0.3 is 5.97 Å². The van der Waals surface area contributed by atoms with Gasteiger partial charge in [-0.2, -0.15) is 5.10 Å². The fourth-order valence-corrected chi connectivity index (χ4v) is 2.91. The molecular weight excluding hydrogens is 372 g/mol. The summed E-state index contributed by atoms with van der Waals surface area (Å²) in [7, 11) is 0. The highest BCUT2D eigenvalue weighted by Gasteiger charge is 2.14. The summed E-state index contributed by atoms with van der Waals surface area (Å²) in [5.41, 5.74) is 2.07. The molecule has 0 aliphatic carbocycles. The average molecular weight is 389 g/mol. The molecule has 1 aromatic heterocycles. The number of aromatic nitrogens is 2. The first-order valence-corrected chi connectivity index (χ1v) is 8.38. The van der Waals surface area contributed by atoms with Crippen LogP contribution in [0.15, 0.2) is 46.9 Å². The monoisotopic (exact) mass is 388 g/mol. The molecule has 0 aliphatic heterocycles. The highest BCUT2D eigenvalue weighted by molar-refractivity contribution is 9.10. The Hall–Kier alpha value is -2.34. The molecule has 124 valence electrons. The number of halogens is 1. The maximum Gasteiger partial charge on any atom is 0.335 e. The number of benzene rings is 2. The summed E-state index contributed by atoms with van der Waals surface area (Å²) >= 11 is 3.49. The summed E-state index contributed by atoms with van der Waals surface area (Å²) in [6.07, 6.45) is 0. The lowest BCUT2D eigenvalue weighted by molar-refractivity contribution is 0.0696. The van der Waals surface area contributed by atoms with Gasteiger partial charge in [0, 0.05) is 15.9 Å². The third kappa shape index (κ3) is 3.28. The SMILES string of the molecule is CC(C)n1nc(COc2cccc(C(=O)O)c2)c2cc(Br)ccc21. The molecule has 1 heterocycles. The van der Waals surface area contributed by atoms with Gasteiger partial charge in [-0.15, -0.1) is 0 Å². The first kappa shape index (κ1) is 16.5. The van der Waals surface area contributed by atoms with Crippen molar-refractivity contribution in [3.05, 3.63) is 58.2 Å². The molecule has 0 fully saturated rings. The molecule has 0 radical (unpaired) electrons. The summed E-state index contributed by atoms with van der Waals surface area (Å²) in [4.78, 5) is 11.0. The number of carboxylic acids is 1. The van der Waals surface area contributed by atoms with Crippen molar-refractivity contribution in [2.75, 3.05) is 0 Å². The molecule has 0 saturated carbocycles. The lowest BCUT2D eigenvalue weighted by Gasteiger charge is -2.07. The Morgan fingerprint density at radius 3 is 2.79 bits per heavy atom. The first-order chi connectivity index (χ1) is 11.5. The second-order valence-corrected chi connectivity index (χ2v) is 6.68. The minimum atomic E-state index is -0.973. The van der Waals surface area contributed by atoms with Gasteiger partial charge in [0.1, 0.15) is 18.1 Å². The van der Waals surface area contributed by atoms with E-state index in [1.807, 2.05) is 22.9 Å². The van der Waals surface area contributed by atoms with Crippen molar-refractivity contribution < 1.29 is 14.6 Å². The first-order valence-electron chi connectivity index (χ1n) is 7.58. The predicted octanol–water partition coefficient (Wildman–Crippen LogP) is 4.66. The number of fused-ring (bicyclic) bond motifs is 1. The molecule has 2 aromatic carbocycles. The van der Waals surface area contributed by atoms with E-state index in [1.165, 1.54) is 12.1 Å². The second kappa shape index (κ2) is 6.65. The zero-order valence-electron chi connectivity index (χ0n) is 13.4. The molecule has 0 atom stereocenters. The summed E-state index contributed by atoms with van der Waals surface area (Å²) in [6, 6.07) is 12.7. The maximum absolute atomic E-state index is 11.0. The molecule has 5 nitrogen and oxygen atoms in total. The Kier molecular flexibility index (Phi) is 4.57. The number of ether oxygens (including phenoxy) is 1. The van der Waals surface area contributed by atoms with Crippen LogP contribution >= 0.6 is 15.9 Å². The fourth-order valence-electron chi connectivity index (χ4n) is 2.55. The van der Waals surface area contributed by atoms with Gasteiger partial charge in [0.2, 0.25) is 0 Å². The van der Waals surface area contributed by atoms with E-state index in [2.05, 4.69) is 34.9 Å². The molecular formula is C18H17BrN2O3. The minimum absolute atomic E-state index is 0.202. The molecule has 24 heavy (non-hydrogen) atoms. The summed E-state index contributed by atoms with van der Waals surface area (Å²) in [6.45, 7) is 4.43. The van der Waals surface area contributed by atoms with Crippen LogP contribution in [-0.4, -0.2) is 20.9 Å². The van der Waals surface area contributed by atoms with E-state index in [0.29, 0.717) is 5.75 Å². The van der Waals surface area contributed by atoms with Crippen LogP contribution in [0.3, 0.4) is 0 Å². The Morgan fingerprint density at radius 2 is 2.08 bits per heavy atom. The minimum Gasteiger partial charge on any atom is -0.487 e. The van der Waals surface area contributed by atoms with Crippen LogP contribution in [0.4, 0.5) is 0 Å². The smallest absolute Gasteiger partial charge is 0.335 e. The van der Waals surface area contributed by atoms with Gasteiger partial charge in [-0.25, -0.2) is 4.79 Å². The molecule has 0 saturated heterocycles. The van der Waals surface area contributed by atoms with E-state index in [4.69, 9.17) is 9.84 Å². The molecule has 3 rings (SSSR count). The van der Waals surface area contributed by atoms with E-state index >= 15 is 0 Å². The maximum atomic E-state index is 11.0. The van der Waals surface area contributed by atoms with E-state index < -0.39 is 5.97 Å². The van der Waals surface area contributed by atoms with E-state index in [-0.39, 0.29) is 18.2 Å². The average Bonchev–Trinajstić information content (AvgIpc) is 2.91. The van der Waals surface area contributed by atoms with Gasteiger partial charge in [0.15, 0.2) is 0 Å². The topological polar surface area (TPSA) is 64.4 Å². The van der Waals surface area contributed by atoms with E-state index in [9.17, 15) is 4.79 Å². The van der Waals surface area contributed by atoms with Gasteiger partial charge in [0.05, 0.1) is 11.1 Å². The normalized spacial score (nSPS) is 11.2. The summed E-state index contributed by atoms with van der Waals surface area (Å²) < 4.78 is 8.71. The molecule has 3 aromatic rings. The van der Waals surface area contributed by atoms with Crippen molar-refractivity contribution >= 4 is 32.8 Å². The quantitative estimate of drug-likeness (QED) is 0.690. The summed E-state index contributed by atoms with van der Waals surface area (Å²) in [5.74, 6) is -0.462. The van der Waals surface area contributed by atoms with Crippen LogP contribution < -0.4 is 4.74 Å². The second-order valence-electron chi connectivity index (χ2n) is 5.77. The fraction of sp³-hybridized carbons (Fsp3) is 0.222. The largest absolute Gasteiger partial charge is 0.487 e. The highest BCUT2D eigenvalue weighted by atomic mass is 79.9. The van der Waals surface area contributed by atoms with Crippen LogP contribution in [0.2, 0.25) is 0 Å².